The Balaban J connectivity index is 2.95. The zero-order valence-electron chi connectivity index (χ0n) is 10.3. The molecule has 1 rings (SSSR count). The smallest absolute Gasteiger partial charge is 0.336 e. The minimum atomic E-state index is -1.11. The summed E-state index contributed by atoms with van der Waals surface area (Å²) < 4.78 is 0. The number of amides is 1. The number of carboxylic acid groups (broad SMARTS) is 1. The van der Waals surface area contributed by atoms with Gasteiger partial charge in [-0.3, -0.25) is 4.79 Å². The molecule has 1 aromatic rings. The van der Waals surface area contributed by atoms with Gasteiger partial charge in [-0.1, -0.05) is 24.3 Å². The molecule has 18 heavy (non-hydrogen) atoms. The van der Waals surface area contributed by atoms with Crippen molar-refractivity contribution in [2.75, 3.05) is 0 Å². The summed E-state index contributed by atoms with van der Waals surface area (Å²) in [6, 6.07) is 6.11. The molecule has 0 atom stereocenters. The predicted molar refractivity (Wildman–Crippen MR) is 69.4 cm³/mol. The second kappa shape index (κ2) is 6.39. The minimum absolute atomic E-state index is 0.00571. The van der Waals surface area contributed by atoms with E-state index in [1.807, 2.05) is 13.0 Å². The maximum absolute atomic E-state index is 11.9. The maximum atomic E-state index is 11.9. The van der Waals surface area contributed by atoms with Crippen LogP contribution in [0.1, 0.15) is 34.6 Å². The number of hydrogen-bond acceptors (Lipinski definition) is 2. The molecular weight excluding hydrogens is 230 g/mol. The Morgan fingerprint density at radius 2 is 1.83 bits per heavy atom. The Morgan fingerprint density at radius 1 is 1.22 bits per heavy atom. The molecule has 1 aromatic carbocycles. The van der Waals surface area contributed by atoms with Gasteiger partial charge in [-0.15, -0.1) is 0 Å². The van der Waals surface area contributed by atoms with E-state index in [2.05, 4.69) is 5.32 Å². The van der Waals surface area contributed by atoms with Gasteiger partial charge in [-0.25, -0.2) is 4.79 Å². The molecular formula is C14H15NO3. The summed E-state index contributed by atoms with van der Waals surface area (Å²) >= 11 is 0. The number of nitrogens with one attached hydrogen (secondary N) is 1. The van der Waals surface area contributed by atoms with Crippen LogP contribution in [0.3, 0.4) is 0 Å². The zero-order valence-corrected chi connectivity index (χ0v) is 10.3. The highest BCUT2D eigenvalue weighted by atomic mass is 16.4. The third kappa shape index (κ3) is 3.59. The number of carbonyl (C=O) groups is 2. The standard InChI is InChI=1S/C14H15NO3/c1-3-4-7-10(2)15-13(16)11-8-5-6-9-12(11)14(17)18/h3-9H,1-2H3,(H,15,16)(H,17,18)/b4-3-,10-7+. The van der Waals surface area contributed by atoms with Gasteiger partial charge in [0, 0.05) is 5.70 Å². The first kappa shape index (κ1) is 13.7. The predicted octanol–water partition coefficient (Wildman–Crippen LogP) is 2.59. The van der Waals surface area contributed by atoms with Gasteiger partial charge in [0.2, 0.25) is 0 Å². The van der Waals surface area contributed by atoms with Gasteiger partial charge < -0.3 is 10.4 Å². The highest BCUT2D eigenvalue weighted by molar-refractivity contribution is 6.05. The van der Waals surface area contributed by atoms with Crippen molar-refractivity contribution in [1.82, 2.24) is 5.32 Å². The van der Waals surface area contributed by atoms with Crippen LogP contribution in [0.25, 0.3) is 0 Å². The molecule has 0 aromatic heterocycles. The van der Waals surface area contributed by atoms with Crippen LogP contribution < -0.4 is 5.32 Å². The van der Waals surface area contributed by atoms with E-state index < -0.39 is 11.9 Å². The fourth-order valence-electron chi connectivity index (χ4n) is 1.40. The fourth-order valence-corrected chi connectivity index (χ4v) is 1.40. The van der Waals surface area contributed by atoms with E-state index >= 15 is 0 Å². The summed E-state index contributed by atoms with van der Waals surface area (Å²) in [7, 11) is 0. The number of carbonyl (C=O) groups excluding carboxylic acids is 1. The normalized spacial score (nSPS) is 11.6. The fraction of sp³-hybridized carbons (Fsp3) is 0.143. The topological polar surface area (TPSA) is 66.4 Å². The summed E-state index contributed by atoms with van der Waals surface area (Å²) in [6.45, 7) is 3.60. The van der Waals surface area contributed by atoms with E-state index in [4.69, 9.17) is 5.11 Å². The van der Waals surface area contributed by atoms with E-state index in [-0.39, 0.29) is 11.1 Å². The first-order valence-corrected chi connectivity index (χ1v) is 5.49. The van der Waals surface area contributed by atoms with Gasteiger partial charge in [-0.05, 0) is 32.1 Å². The lowest BCUT2D eigenvalue weighted by atomic mass is 10.1. The van der Waals surface area contributed by atoms with Crippen molar-refractivity contribution in [3.05, 3.63) is 59.3 Å². The van der Waals surface area contributed by atoms with Crippen molar-refractivity contribution < 1.29 is 14.7 Å². The Morgan fingerprint density at radius 3 is 2.39 bits per heavy atom. The van der Waals surface area contributed by atoms with E-state index in [9.17, 15) is 9.59 Å². The van der Waals surface area contributed by atoms with E-state index in [1.54, 1.807) is 31.2 Å². The lowest BCUT2D eigenvalue weighted by Gasteiger charge is -2.07. The van der Waals surface area contributed by atoms with Gasteiger partial charge in [0.1, 0.15) is 0 Å². The van der Waals surface area contributed by atoms with Crippen LogP contribution in [-0.4, -0.2) is 17.0 Å². The average molecular weight is 245 g/mol. The molecule has 0 fully saturated rings. The molecule has 94 valence electrons. The number of aromatic carboxylic acids is 1. The third-order valence-electron chi connectivity index (χ3n) is 2.25. The molecule has 0 saturated carbocycles. The Hall–Kier alpha value is -2.36. The molecule has 0 saturated heterocycles. The summed E-state index contributed by atoms with van der Waals surface area (Å²) in [6.07, 6.45) is 5.36. The van der Waals surface area contributed by atoms with Crippen molar-refractivity contribution in [1.29, 1.82) is 0 Å². The molecule has 0 spiro atoms. The van der Waals surface area contributed by atoms with Crippen molar-refractivity contribution in [3.8, 4) is 0 Å². The first-order chi connectivity index (χ1) is 8.56. The quantitative estimate of drug-likeness (QED) is 0.801. The molecule has 4 nitrogen and oxygen atoms in total. The minimum Gasteiger partial charge on any atom is -0.478 e. The lowest BCUT2D eigenvalue weighted by Crippen LogP contribution is -2.23. The van der Waals surface area contributed by atoms with E-state index in [1.165, 1.54) is 12.1 Å². The Kier molecular flexibility index (Phi) is 4.87. The van der Waals surface area contributed by atoms with Gasteiger partial charge in [0.25, 0.3) is 5.91 Å². The van der Waals surface area contributed by atoms with Gasteiger partial charge >= 0.3 is 5.97 Å². The van der Waals surface area contributed by atoms with E-state index in [0.717, 1.165) is 0 Å². The van der Waals surface area contributed by atoms with Crippen LogP contribution >= 0.6 is 0 Å². The molecule has 0 aliphatic heterocycles. The monoisotopic (exact) mass is 245 g/mol. The molecule has 0 bridgehead atoms. The third-order valence-corrected chi connectivity index (χ3v) is 2.25. The van der Waals surface area contributed by atoms with Crippen molar-refractivity contribution in [2.24, 2.45) is 0 Å². The van der Waals surface area contributed by atoms with Gasteiger partial charge in [0.05, 0.1) is 11.1 Å². The maximum Gasteiger partial charge on any atom is 0.336 e. The number of benzene rings is 1. The molecule has 0 aliphatic rings. The van der Waals surface area contributed by atoms with Crippen molar-refractivity contribution >= 4 is 11.9 Å². The number of rotatable bonds is 4. The number of allylic oxidation sites excluding steroid dienone is 4. The molecule has 2 N–H and O–H groups in total. The van der Waals surface area contributed by atoms with Crippen molar-refractivity contribution in [3.63, 3.8) is 0 Å². The van der Waals surface area contributed by atoms with Crippen LogP contribution in [0.5, 0.6) is 0 Å². The molecule has 4 heteroatoms. The summed E-state index contributed by atoms with van der Waals surface area (Å²) in [5, 5.41) is 11.6. The van der Waals surface area contributed by atoms with Crippen LogP contribution in [-0.2, 0) is 0 Å². The zero-order chi connectivity index (χ0) is 13.5. The summed E-state index contributed by atoms with van der Waals surface area (Å²) in [5.41, 5.74) is 0.797. The molecule has 1 amide bonds. The van der Waals surface area contributed by atoms with E-state index in [0.29, 0.717) is 5.70 Å². The lowest BCUT2D eigenvalue weighted by molar-refractivity contribution is 0.0691. The van der Waals surface area contributed by atoms with Crippen LogP contribution in [0.2, 0.25) is 0 Å². The average Bonchev–Trinajstić information content (AvgIpc) is 2.36. The summed E-state index contributed by atoms with van der Waals surface area (Å²) in [4.78, 5) is 22.9. The molecule has 0 radical (unpaired) electrons. The largest absolute Gasteiger partial charge is 0.478 e. The Bertz CT molecular complexity index is 516. The number of carboxylic acids is 1. The van der Waals surface area contributed by atoms with Crippen molar-refractivity contribution in [2.45, 2.75) is 13.8 Å². The highest BCUT2D eigenvalue weighted by Crippen LogP contribution is 2.09. The van der Waals surface area contributed by atoms with Crippen LogP contribution in [0, 0.1) is 0 Å². The molecule has 0 heterocycles. The van der Waals surface area contributed by atoms with Crippen LogP contribution in [0.4, 0.5) is 0 Å². The second-order valence-corrected chi connectivity index (χ2v) is 3.68. The second-order valence-electron chi connectivity index (χ2n) is 3.68. The molecule has 0 unspecified atom stereocenters. The van der Waals surface area contributed by atoms with Gasteiger partial charge in [-0.2, -0.15) is 0 Å². The van der Waals surface area contributed by atoms with Crippen LogP contribution in [0.15, 0.2) is 48.2 Å². The summed E-state index contributed by atoms with van der Waals surface area (Å²) in [5.74, 6) is -1.54. The van der Waals surface area contributed by atoms with Gasteiger partial charge in [0.15, 0.2) is 0 Å². The Labute approximate surface area is 106 Å². The highest BCUT2D eigenvalue weighted by Gasteiger charge is 2.15. The molecule has 0 aliphatic carbocycles. The SMILES string of the molecule is C/C=C\C=C(/C)NC(=O)c1ccccc1C(=O)O. The number of hydrogen-bond donors (Lipinski definition) is 2. The first-order valence-electron chi connectivity index (χ1n) is 5.49.